The Morgan fingerprint density at radius 3 is 2.82 bits per heavy atom. The topological polar surface area (TPSA) is 45.0 Å². The van der Waals surface area contributed by atoms with Crippen molar-refractivity contribution in [2.24, 2.45) is 0 Å². The molecule has 1 aliphatic heterocycles. The van der Waals surface area contributed by atoms with Gasteiger partial charge >= 0.3 is 0 Å². The molecular formula is C8H14N2O. The van der Waals surface area contributed by atoms with E-state index >= 15 is 0 Å². The van der Waals surface area contributed by atoms with Crippen LogP contribution >= 0.6 is 0 Å². The highest BCUT2D eigenvalue weighted by Crippen LogP contribution is 2.04. The van der Waals surface area contributed by atoms with Gasteiger partial charge in [0, 0.05) is 6.04 Å². The molecule has 0 saturated carbocycles. The normalized spacial score (nSPS) is 20.4. The van der Waals surface area contributed by atoms with E-state index in [2.05, 4.69) is 18.3 Å². The van der Waals surface area contributed by atoms with Crippen molar-refractivity contribution in [3.8, 4) is 6.07 Å². The molecule has 3 nitrogen and oxygen atoms in total. The minimum Gasteiger partial charge on any atom is -0.378 e. The molecule has 0 aromatic heterocycles. The van der Waals surface area contributed by atoms with Crippen molar-refractivity contribution < 1.29 is 4.74 Å². The molecule has 0 aromatic rings. The van der Waals surface area contributed by atoms with Crippen LogP contribution in [0, 0.1) is 11.3 Å². The highest BCUT2D eigenvalue weighted by atomic mass is 16.5. The third-order valence-corrected chi connectivity index (χ3v) is 1.94. The predicted molar refractivity (Wildman–Crippen MR) is 42.1 cm³/mol. The van der Waals surface area contributed by atoms with E-state index in [1.807, 2.05) is 0 Å². The van der Waals surface area contributed by atoms with Crippen molar-refractivity contribution in [2.75, 3.05) is 13.2 Å². The summed E-state index contributed by atoms with van der Waals surface area (Å²) < 4.78 is 5.01. The molecular weight excluding hydrogens is 140 g/mol. The number of nitrogens with one attached hydrogen (secondary N) is 1. The lowest BCUT2D eigenvalue weighted by Gasteiger charge is -2.30. The van der Waals surface area contributed by atoms with Crippen molar-refractivity contribution >= 4 is 0 Å². The van der Waals surface area contributed by atoms with Gasteiger partial charge in [-0.3, -0.25) is 0 Å². The van der Waals surface area contributed by atoms with E-state index in [0.29, 0.717) is 18.5 Å². The van der Waals surface area contributed by atoms with E-state index in [9.17, 15) is 0 Å². The quantitative estimate of drug-likeness (QED) is 0.647. The fraction of sp³-hybridized carbons (Fsp3) is 0.875. The Labute approximate surface area is 67.3 Å². The molecule has 11 heavy (non-hydrogen) atoms. The maximum atomic E-state index is 8.45. The summed E-state index contributed by atoms with van der Waals surface area (Å²) in [7, 11) is 0. The molecule has 1 saturated heterocycles. The van der Waals surface area contributed by atoms with E-state index in [1.165, 1.54) is 0 Å². The molecule has 0 amide bonds. The summed E-state index contributed by atoms with van der Waals surface area (Å²) in [5.41, 5.74) is 0. The molecule has 0 radical (unpaired) electrons. The number of ether oxygens (including phenoxy) is 1. The third-order valence-electron chi connectivity index (χ3n) is 1.94. The lowest BCUT2D eigenvalue weighted by atomic mass is 10.1. The second-order valence-corrected chi connectivity index (χ2v) is 2.87. The van der Waals surface area contributed by atoms with Gasteiger partial charge < -0.3 is 10.1 Å². The lowest BCUT2D eigenvalue weighted by molar-refractivity contribution is -0.00994. The highest BCUT2D eigenvalue weighted by molar-refractivity contribution is 4.84. The standard InChI is InChI=1S/C8H14N2O/c1-2-7(3-4-9)10-8-5-11-6-8/h7-8,10H,2-3,5-6H2,1H3. The summed E-state index contributed by atoms with van der Waals surface area (Å²) in [6, 6.07) is 3.02. The van der Waals surface area contributed by atoms with Gasteiger partial charge in [-0.25, -0.2) is 0 Å². The zero-order chi connectivity index (χ0) is 8.10. The average Bonchev–Trinajstić information content (AvgIpc) is 1.94. The van der Waals surface area contributed by atoms with E-state index in [1.54, 1.807) is 0 Å². The van der Waals surface area contributed by atoms with Crippen LogP contribution in [0.25, 0.3) is 0 Å². The second-order valence-electron chi connectivity index (χ2n) is 2.87. The Bertz CT molecular complexity index is 149. The molecule has 0 aliphatic carbocycles. The average molecular weight is 154 g/mol. The summed E-state index contributed by atoms with van der Waals surface area (Å²) in [5.74, 6) is 0. The van der Waals surface area contributed by atoms with Gasteiger partial charge in [-0.15, -0.1) is 0 Å². The van der Waals surface area contributed by atoms with Gasteiger partial charge in [-0.2, -0.15) is 5.26 Å². The summed E-state index contributed by atoms with van der Waals surface area (Å²) >= 11 is 0. The summed E-state index contributed by atoms with van der Waals surface area (Å²) in [5, 5.41) is 11.8. The first-order valence-electron chi connectivity index (χ1n) is 4.07. The van der Waals surface area contributed by atoms with Crippen LogP contribution in [0.1, 0.15) is 19.8 Å². The van der Waals surface area contributed by atoms with Crippen LogP contribution in [-0.4, -0.2) is 25.3 Å². The molecule has 1 rings (SSSR count). The molecule has 0 spiro atoms. The molecule has 1 unspecified atom stereocenters. The van der Waals surface area contributed by atoms with Crippen molar-refractivity contribution in [1.29, 1.82) is 5.26 Å². The first-order valence-corrected chi connectivity index (χ1v) is 4.07. The number of hydrogen-bond acceptors (Lipinski definition) is 3. The second kappa shape index (κ2) is 4.32. The molecule has 1 heterocycles. The van der Waals surface area contributed by atoms with Crippen LogP contribution in [0.3, 0.4) is 0 Å². The van der Waals surface area contributed by atoms with E-state index in [-0.39, 0.29) is 0 Å². The van der Waals surface area contributed by atoms with Gasteiger partial charge in [-0.1, -0.05) is 6.92 Å². The molecule has 1 atom stereocenters. The van der Waals surface area contributed by atoms with E-state index in [0.717, 1.165) is 19.6 Å². The number of nitrogens with zero attached hydrogens (tertiary/aromatic N) is 1. The number of nitriles is 1. The fourth-order valence-corrected chi connectivity index (χ4v) is 1.10. The first-order chi connectivity index (χ1) is 5.36. The van der Waals surface area contributed by atoms with E-state index < -0.39 is 0 Å². The van der Waals surface area contributed by atoms with Crippen LogP contribution in [0.15, 0.2) is 0 Å². The minimum atomic E-state index is 0.355. The molecule has 1 fully saturated rings. The zero-order valence-electron chi connectivity index (χ0n) is 6.84. The largest absolute Gasteiger partial charge is 0.378 e. The SMILES string of the molecule is CCC(CC#N)NC1COC1. The van der Waals surface area contributed by atoms with Crippen LogP contribution in [0.4, 0.5) is 0 Å². The van der Waals surface area contributed by atoms with Crippen LogP contribution in [0.2, 0.25) is 0 Å². The molecule has 0 aromatic carbocycles. The van der Waals surface area contributed by atoms with Crippen LogP contribution in [0.5, 0.6) is 0 Å². The van der Waals surface area contributed by atoms with Gasteiger partial charge in [-0.05, 0) is 6.42 Å². The Kier molecular flexibility index (Phi) is 3.34. The van der Waals surface area contributed by atoms with Gasteiger partial charge in [0.1, 0.15) is 0 Å². The molecule has 62 valence electrons. The minimum absolute atomic E-state index is 0.355. The number of hydrogen-bond donors (Lipinski definition) is 1. The maximum absolute atomic E-state index is 8.45. The molecule has 0 bridgehead atoms. The molecule has 1 aliphatic rings. The third kappa shape index (κ3) is 2.49. The van der Waals surface area contributed by atoms with Crippen LogP contribution < -0.4 is 5.32 Å². The number of rotatable bonds is 4. The van der Waals surface area contributed by atoms with Gasteiger partial charge in [0.15, 0.2) is 0 Å². The van der Waals surface area contributed by atoms with E-state index in [4.69, 9.17) is 10.00 Å². The van der Waals surface area contributed by atoms with Crippen molar-refractivity contribution in [1.82, 2.24) is 5.32 Å². The Morgan fingerprint density at radius 2 is 2.45 bits per heavy atom. The summed E-state index contributed by atoms with van der Waals surface area (Å²) in [6.45, 7) is 3.71. The highest BCUT2D eigenvalue weighted by Gasteiger charge is 2.20. The summed E-state index contributed by atoms with van der Waals surface area (Å²) in [4.78, 5) is 0. The van der Waals surface area contributed by atoms with Gasteiger partial charge in [0.2, 0.25) is 0 Å². The van der Waals surface area contributed by atoms with Crippen molar-refractivity contribution in [3.05, 3.63) is 0 Å². The monoisotopic (exact) mass is 154 g/mol. The smallest absolute Gasteiger partial charge is 0.0643 e. The van der Waals surface area contributed by atoms with Crippen LogP contribution in [-0.2, 0) is 4.74 Å². The lowest BCUT2D eigenvalue weighted by Crippen LogP contribution is -2.50. The van der Waals surface area contributed by atoms with Crippen molar-refractivity contribution in [2.45, 2.75) is 31.8 Å². The Balaban J connectivity index is 2.14. The maximum Gasteiger partial charge on any atom is 0.0643 e. The predicted octanol–water partition coefficient (Wildman–Crippen LogP) is 0.667. The fourth-order valence-electron chi connectivity index (χ4n) is 1.10. The van der Waals surface area contributed by atoms with Gasteiger partial charge in [0.25, 0.3) is 0 Å². The van der Waals surface area contributed by atoms with Crippen molar-refractivity contribution in [3.63, 3.8) is 0 Å². The first kappa shape index (κ1) is 8.51. The Morgan fingerprint density at radius 1 is 1.73 bits per heavy atom. The zero-order valence-corrected chi connectivity index (χ0v) is 6.84. The molecule has 3 heteroatoms. The summed E-state index contributed by atoms with van der Waals surface area (Å²) in [6.07, 6.45) is 1.62. The molecule has 1 N–H and O–H groups in total. The Hall–Kier alpha value is -0.590. The van der Waals surface area contributed by atoms with Gasteiger partial charge in [0.05, 0.1) is 31.7 Å².